The molecule has 2 aliphatic heterocycles. The lowest BCUT2D eigenvalue weighted by Crippen LogP contribution is -2.60. The fraction of sp³-hybridized carbons (Fsp3) is 0.846. The Bertz CT molecular complexity index is 403. The number of hydrogen-bond donors (Lipinski definition) is 2. The summed E-state index contributed by atoms with van der Waals surface area (Å²) in [6.07, 6.45) is 1.53. The Kier molecular flexibility index (Phi) is 2.74. The molecule has 1 atom stereocenters. The predicted molar refractivity (Wildman–Crippen MR) is 69.8 cm³/mol. The minimum absolute atomic E-state index is 0.170. The molecule has 102 valence electrons. The van der Waals surface area contributed by atoms with E-state index in [9.17, 15) is 4.79 Å². The highest BCUT2D eigenvalue weighted by Gasteiger charge is 2.66. The summed E-state index contributed by atoms with van der Waals surface area (Å²) in [5, 5.41) is 10.9. The minimum Gasteiger partial charge on any atom is -0.367 e. The number of carbonyl (C=O) groups is 1. The average molecular weight is 253 g/mol. The van der Waals surface area contributed by atoms with Gasteiger partial charge in [0.1, 0.15) is 11.4 Å². The fourth-order valence-electron chi connectivity index (χ4n) is 3.55. The molecule has 0 aliphatic carbocycles. The van der Waals surface area contributed by atoms with E-state index in [2.05, 4.69) is 5.32 Å². The second-order valence-electron chi connectivity index (χ2n) is 6.37. The van der Waals surface area contributed by atoms with Crippen LogP contribution in [-0.4, -0.2) is 40.1 Å². The molecule has 1 spiro atoms. The van der Waals surface area contributed by atoms with Gasteiger partial charge in [-0.2, -0.15) is 0 Å². The number of amidine groups is 1. The van der Waals surface area contributed by atoms with Gasteiger partial charge in [-0.15, -0.1) is 0 Å². The summed E-state index contributed by atoms with van der Waals surface area (Å²) in [5.74, 6) is 0.275. The first-order valence-electron chi connectivity index (χ1n) is 6.54. The number of rotatable bonds is 2. The van der Waals surface area contributed by atoms with E-state index in [0.29, 0.717) is 13.0 Å². The number of urea groups is 1. The molecule has 0 aromatic heterocycles. The minimum atomic E-state index is -0.649. The highest BCUT2D eigenvalue weighted by atomic mass is 16.5. The van der Waals surface area contributed by atoms with Gasteiger partial charge in [0.25, 0.3) is 0 Å². The maximum absolute atomic E-state index is 12.1. The number of amides is 2. The van der Waals surface area contributed by atoms with Crippen molar-refractivity contribution in [2.24, 2.45) is 0 Å². The first-order chi connectivity index (χ1) is 8.16. The van der Waals surface area contributed by atoms with Crippen molar-refractivity contribution in [2.45, 2.75) is 64.2 Å². The van der Waals surface area contributed by atoms with Crippen molar-refractivity contribution in [1.82, 2.24) is 10.2 Å². The lowest BCUT2D eigenvalue weighted by atomic mass is 9.77. The van der Waals surface area contributed by atoms with Crippen molar-refractivity contribution in [3.63, 3.8) is 0 Å². The van der Waals surface area contributed by atoms with Gasteiger partial charge in [0.05, 0.1) is 11.2 Å². The van der Waals surface area contributed by atoms with Gasteiger partial charge in [-0.3, -0.25) is 10.7 Å². The zero-order valence-electron chi connectivity index (χ0n) is 11.9. The van der Waals surface area contributed by atoms with Crippen LogP contribution in [0.3, 0.4) is 0 Å². The summed E-state index contributed by atoms with van der Waals surface area (Å²) < 4.78 is 6.09. The molecule has 0 aromatic rings. The van der Waals surface area contributed by atoms with E-state index in [1.807, 2.05) is 34.6 Å². The monoisotopic (exact) mass is 253 g/mol. The summed E-state index contributed by atoms with van der Waals surface area (Å²) in [4.78, 5) is 13.8. The molecule has 0 radical (unpaired) electrons. The molecule has 1 unspecified atom stereocenters. The Morgan fingerprint density at radius 2 is 2.00 bits per heavy atom. The third-order valence-corrected chi connectivity index (χ3v) is 4.01. The summed E-state index contributed by atoms with van der Waals surface area (Å²) in [5.41, 5.74) is -1.53. The van der Waals surface area contributed by atoms with E-state index in [1.165, 1.54) is 0 Å². The highest BCUT2D eigenvalue weighted by Crippen LogP contribution is 2.50. The van der Waals surface area contributed by atoms with Gasteiger partial charge in [0, 0.05) is 13.0 Å². The normalized spacial score (nSPS) is 33.3. The van der Waals surface area contributed by atoms with Gasteiger partial charge in [-0.1, -0.05) is 6.92 Å². The quantitative estimate of drug-likeness (QED) is 0.791. The largest absolute Gasteiger partial charge is 0.367 e. The lowest BCUT2D eigenvalue weighted by molar-refractivity contribution is -0.0839. The molecule has 0 aromatic carbocycles. The average Bonchev–Trinajstić information content (AvgIpc) is 2.52. The maximum atomic E-state index is 12.1. The number of hydrogen-bond acceptors (Lipinski definition) is 3. The molecule has 2 saturated heterocycles. The van der Waals surface area contributed by atoms with Crippen molar-refractivity contribution in [3.8, 4) is 0 Å². The van der Waals surface area contributed by atoms with E-state index in [-0.39, 0.29) is 17.5 Å². The molecule has 2 heterocycles. The van der Waals surface area contributed by atoms with E-state index in [1.54, 1.807) is 4.90 Å². The van der Waals surface area contributed by atoms with Crippen LogP contribution in [0.15, 0.2) is 0 Å². The number of carbonyl (C=O) groups excluding carboxylic acids is 1. The molecule has 0 saturated carbocycles. The molecular formula is C13H23N3O2. The van der Waals surface area contributed by atoms with Crippen LogP contribution in [0.25, 0.3) is 0 Å². The second kappa shape index (κ2) is 3.70. The maximum Gasteiger partial charge on any atom is 0.323 e. The van der Waals surface area contributed by atoms with Crippen LogP contribution >= 0.6 is 0 Å². The number of ether oxygens (including phenoxy) is 1. The molecule has 2 rings (SSSR count). The van der Waals surface area contributed by atoms with Gasteiger partial charge < -0.3 is 9.64 Å². The first-order valence-corrected chi connectivity index (χ1v) is 6.54. The van der Waals surface area contributed by atoms with Gasteiger partial charge in [-0.05, 0) is 34.1 Å². The van der Waals surface area contributed by atoms with E-state index >= 15 is 0 Å². The molecule has 2 amide bonds. The van der Waals surface area contributed by atoms with Crippen LogP contribution in [0.5, 0.6) is 0 Å². The third kappa shape index (κ3) is 1.56. The van der Waals surface area contributed by atoms with Gasteiger partial charge >= 0.3 is 6.03 Å². The molecule has 0 bridgehead atoms. The van der Waals surface area contributed by atoms with Crippen molar-refractivity contribution >= 4 is 11.9 Å². The lowest BCUT2D eigenvalue weighted by Gasteiger charge is -2.41. The number of nitrogens with one attached hydrogen (secondary N) is 2. The summed E-state index contributed by atoms with van der Waals surface area (Å²) in [7, 11) is 0. The first kappa shape index (κ1) is 13.3. The molecule has 2 aliphatic rings. The molecule has 5 heteroatoms. The third-order valence-electron chi connectivity index (χ3n) is 4.01. The van der Waals surface area contributed by atoms with Crippen molar-refractivity contribution in [3.05, 3.63) is 0 Å². The standard InChI is InChI=1S/C13H23N3O2/c1-6-7-16-10(17)15-9(14)13(16)8-11(2,3)18-12(13,4)5/h6-8H2,1-5H3,(H2,14,15,17). The molecule has 2 N–H and O–H groups in total. The summed E-state index contributed by atoms with van der Waals surface area (Å²) >= 11 is 0. The van der Waals surface area contributed by atoms with Crippen LogP contribution < -0.4 is 5.32 Å². The van der Waals surface area contributed by atoms with Crippen LogP contribution in [0, 0.1) is 5.41 Å². The van der Waals surface area contributed by atoms with E-state index in [0.717, 1.165) is 6.42 Å². The van der Waals surface area contributed by atoms with Crippen LogP contribution in [0.4, 0.5) is 4.79 Å². The second-order valence-corrected chi connectivity index (χ2v) is 6.37. The fourth-order valence-corrected chi connectivity index (χ4v) is 3.55. The number of nitrogens with zero attached hydrogens (tertiary/aromatic N) is 1. The molecule has 2 fully saturated rings. The molecular weight excluding hydrogens is 230 g/mol. The predicted octanol–water partition coefficient (Wildman–Crippen LogP) is 2.12. The summed E-state index contributed by atoms with van der Waals surface area (Å²) in [6, 6.07) is -0.170. The molecule has 5 nitrogen and oxygen atoms in total. The van der Waals surface area contributed by atoms with Gasteiger partial charge in [0.2, 0.25) is 0 Å². The SMILES string of the molecule is CCCN1C(=O)NC(=N)C12CC(C)(C)OC2(C)C. The smallest absolute Gasteiger partial charge is 0.323 e. The highest BCUT2D eigenvalue weighted by molar-refractivity contribution is 6.09. The van der Waals surface area contributed by atoms with Gasteiger partial charge in [-0.25, -0.2) is 4.79 Å². The zero-order chi connectivity index (χ0) is 13.8. The van der Waals surface area contributed by atoms with E-state index in [4.69, 9.17) is 10.1 Å². The Labute approximate surface area is 108 Å². The Morgan fingerprint density at radius 1 is 1.39 bits per heavy atom. The van der Waals surface area contributed by atoms with E-state index < -0.39 is 11.1 Å². The van der Waals surface area contributed by atoms with Crippen molar-refractivity contribution < 1.29 is 9.53 Å². The molecule has 18 heavy (non-hydrogen) atoms. The van der Waals surface area contributed by atoms with Crippen LogP contribution in [0.1, 0.15) is 47.5 Å². The Morgan fingerprint density at radius 3 is 2.44 bits per heavy atom. The Balaban J connectivity index is 2.50. The topological polar surface area (TPSA) is 65.4 Å². The van der Waals surface area contributed by atoms with Crippen molar-refractivity contribution in [1.29, 1.82) is 5.41 Å². The van der Waals surface area contributed by atoms with Gasteiger partial charge in [0.15, 0.2) is 0 Å². The Hall–Kier alpha value is -1.10. The summed E-state index contributed by atoms with van der Waals surface area (Å²) in [6.45, 7) is 10.7. The zero-order valence-corrected chi connectivity index (χ0v) is 11.9. The van der Waals surface area contributed by atoms with Crippen molar-refractivity contribution in [2.75, 3.05) is 6.54 Å². The van der Waals surface area contributed by atoms with Crippen LogP contribution in [0.2, 0.25) is 0 Å². The van der Waals surface area contributed by atoms with Crippen LogP contribution in [-0.2, 0) is 4.74 Å².